The van der Waals surface area contributed by atoms with E-state index in [1.165, 1.54) is 27.0 Å². The van der Waals surface area contributed by atoms with Crippen molar-refractivity contribution < 1.29 is 0 Å². The van der Waals surface area contributed by atoms with Crippen LogP contribution in [0.4, 0.5) is 0 Å². The molecule has 0 unspecified atom stereocenters. The van der Waals surface area contributed by atoms with E-state index in [4.69, 9.17) is 0 Å². The van der Waals surface area contributed by atoms with Gasteiger partial charge in [-0.15, -0.1) is 0 Å². The summed E-state index contributed by atoms with van der Waals surface area (Å²) in [4.78, 5) is 0. The Morgan fingerprint density at radius 3 is 1.41 bits per heavy atom. The molecule has 0 saturated heterocycles. The molecule has 3 rings (SSSR count). The minimum atomic E-state index is -0.594. The highest BCUT2D eigenvalue weighted by Crippen LogP contribution is 2.41. The first-order valence-electron chi connectivity index (χ1n) is 9.74. The zero-order chi connectivity index (χ0) is 19.7. The number of hydrogen-bond donors (Lipinski definition) is 0. The number of benzene rings is 3. The van der Waals surface area contributed by atoms with Crippen LogP contribution in [0.15, 0.2) is 78.9 Å². The molecule has 0 fully saturated rings. The molecular formula is C26H31P. The highest BCUT2D eigenvalue weighted by atomic mass is 31.1. The van der Waals surface area contributed by atoms with Gasteiger partial charge >= 0.3 is 0 Å². The molecule has 1 heteroatoms. The molecule has 0 radical (unpaired) electrons. The summed E-state index contributed by atoms with van der Waals surface area (Å²) in [7, 11) is -0.594. The molecular weight excluding hydrogens is 343 g/mol. The van der Waals surface area contributed by atoms with Crippen molar-refractivity contribution in [2.45, 2.75) is 52.4 Å². The Morgan fingerprint density at radius 2 is 1.00 bits per heavy atom. The van der Waals surface area contributed by atoms with E-state index in [0.717, 1.165) is 0 Å². The van der Waals surface area contributed by atoms with Gasteiger partial charge in [-0.2, -0.15) is 0 Å². The van der Waals surface area contributed by atoms with Crippen molar-refractivity contribution in [2.24, 2.45) is 0 Å². The van der Waals surface area contributed by atoms with Gasteiger partial charge in [-0.3, -0.25) is 0 Å². The van der Waals surface area contributed by atoms with Crippen LogP contribution in [-0.4, -0.2) is 0 Å². The summed E-state index contributed by atoms with van der Waals surface area (Å²) in [6.45, 7) is 14.0. The lowest BCUT2D eigenvalue weighted by Crippen LogP contribution is -2.32. The first kappa shape index (κ1) is 19.8. The van der Waals surface area contributed by atoms with Gasteiger partial charge < -0.3 is 0 Å². The fraction of sp³-hybridized carbons (Fsp3) is 0.308. The molecule has 0 aliphatic heterocycles. The molecule has 0 nitrogen and oxygen atoms in total. The highest BCUT2D eigenvalue weighted by Gasteiger charge is 2.31. The largest absolute Gasteiger partial charge is 0.0622 e. The fourth-order valence-electron chi connectivity index (χ4n) is 3.72. The lowest BCUT2D eigenvalue weighted by atomic mass is 9.75. The molecule has 0 spiro atoms. The molecule has 3 aromatic rings. The maximum absolute atomic E-state index is 2.36. The lowest BCUT2D eigenvalue weighted by molar-refractivity contribution is 0.533. The Hall–Kier alpha value is -1.91. The van der Waals surface area contributed by atoms with Gasteiger partial charge in [0.1, 0.15) is 0 Å². The van der Waals surface area contributed by atoms with E-state index in [0.29, 0.717) is 0 Å². The molecule has 0 amide bonds. The topological polar surface area (TPSA) is 0 Å². The van der Waals surface area contributed by atoms with Crippen molar-refractivity contribution in [1.82, 2.24) is 0 Å². The van der Waals surface area contributed by atoms with Gasteiger partial charge in [-0.1, -0.05) is 120 Å². The van der Waals surface area contributed by atoms with Crippen LogP contribution in [0.5, 0.6) is 0 Å². The van der Waals surface area contributed by atoms with Crippen LogP contribution in [0.1, 0.15) is 52.7 Å². The lowest BCUT2D eigenvalue weighted by Gasteiger charge is -2.35. The zero-order valence-electron chi connectivity index (χ0n) is 17.5. The molecule has 0 saturated carbocycles. The van der Waals surface area contributed by atoms with Crippen molar-refractivity contribution in [2.75, 3.05) is 0 Å². The van der Waals surface area contributed by atoms with Crippen LogP contribution in [-0.2, 0) is 10.8 Å². The van der Waals surface area contributed by atoms with Crippen molar-refractivity contribution in [1.29, 1.82) is 0 Å². The Morgan fingerprint density at radius 1 is 0.519 bits per heavy atom. The molecule has 0 aliphatic rings. The first-order valence-corrected chi connectivity index (χ1v) is 11.1. The molecule has 3 aromatic carbocycles. The smallest absolute Gasteiger partial charge is 0.0111 e. The van der Waals surface area contributed by atoms with E-state index in [9.17, 15) is 0 Å². The quantitative estimate of drug-likeness (QED) is 0.490. The van der Waals surface area contributed by atoms with E-state index in [1.807, 2.05) is 0 Å². The van der Waals surface area contributed by atoms with Crippen molar-refractivity contribution in [3.8, 4) is 0 Å². The summed E-state index contributed by atoms with van der Waals surface area (Å²) in [5.74, 6) is 0. The van der Waals surface area contributed by atoms with Crippen LogP contribution in [0.25, 0.3) is 0 Å². The minimum absolute atomic E-state index is 0.0867. The Kier molecular flexibility index (Phi) is 5.59. The second-order valence-electron chi connectivity index (χ2n) is 9.21. The maximum Gasteiger partial charge on any atom is -0.0111 e. The maximum atomic E-state index is 2.36. The van der Waals surface area contributed by atoms with Gasteiger partial charge in [-0.25, -0.2) is 0 Å². The molecule has 0 bridgehead atoms. The zero-order valence-corrected chi connectivity index (χ0v) is 18.3. The molecule has 0 atom stereocenters. The standard InChI is InChI=1S/C26H31P/c1-25(2,3)22-18-13-19-23(24(22)26(4,5)6)27(20-14-9-7-10-15-20)21-16-11-8-12-17-21/h7-19H,1-6H3. The van der Waals surface area contributed by atoms with E-state index in [-0.39, 0.29) is 10.8 Å². The first-order chi connectivity index (χ1) is 12.7. The summed E-state index contributed by atoms with van der Waals surface area (Å²) in [6.07, 6.45) is 0. The van der Waals surface area contributed by atoms with E-state index in [1.54, 1.807) is 0 Å². The second-order valence-corrected chi connectivity index (χ2v) is 11.4. The predicted octanol–water partition coefficient (Wildman–Crippen LogP) is 6.04. The Labute approximate surface area is 166 Å². The van der Waals surface area contributed by atoms with E-state index >= 15 is 0 Å². The van der Waals surface area contributed by atoms with Gasteiger partial charge in [-0.05, 0) is 45.8 Å². The summed E-state index contributed by atoms with van der Waals surface area (Å²) in [5.41, 5.74) is 3.18. The van der Waals surface area contributed by atoms with E-state index in [2.05, 4.69) is 120 Å². The van der Waals surface area contributed by atoms with Crippen LogP contribution in [0.3, 0.4) is 0 Å². The van der Waals surface area contributed by atoms with Crippen LogP contribution >= 0.6 is 7.92 Å². The predicted molar refractivity (Wildman–Crippen MR) is 123 cm³/mol. The fourth-order valence-corrected chi connectivity index (χ4v) is 6.43. The summed E-state index contributed by atoms with van der Waals surface area (Å²) in [5, 5.41) is 4.31. The average molecular weight is 375 g/mol. The summed E-state index contributed by atoms with van der Waals surface area (Å²) >= 11 is 0. The molecule has 0 heterocycles. The van der Waals surface area contributed by atoms with Gasteiger partial charge in [0.25, 0.3) is 0 Å². The number of rotatable bonds is 3. The summed E-state index contributed by atoms with van der Waals surface area (Å²) in [6, 6.07) is 29.0. The van der Waals surface area contributed by atoms with Gasteiger partial charge in [0, 0.05) is 0 Å². The summed E-state index contributed by atoms with van der Waals surface area (Å²) < 4.78 is 0. The third kappa shape index (κ3) is 4.33. The van der Waals surface area contributed by atoms with Crippen molar-refractivity contribution >= 4 is 23.8 Å². The third-order valence-corrected chi connectivity index (χ3v) is 7.35. The normalized spacial score (nSPS) is 12.4. The van der Waals surface area contributed by atoms with Crippen molar-refractivity contribution in [3.63, 3.8) is 0 Å². The van der Waals surface area contributed by atoms with Crippen LogP contribution in [0, 0.1) is 0 Å². The van der Waals surface area contributed by atoms with Gasteiger partial charge in [0.2, 0.25) is 0 Å². The third-order valence-electron chi connectivity index (χ3n) is 4.87. The Balaban J connectivity index is 2.34. The van der Waals surface area contributed by atoms with Gasteiger partial charge in [0.15, 0.2) is 0 Å². The molecule has 0 aliphatic carbocycles. The Bertz CT molecular complexity index is 841. The van der Waals surface area contributed by atoms with E-state index < -0.39 is 7.92 Å². The minimum Gasteiger partial charge on any atom is -0.0622 e. The molecule has 0 aromatic heterocycles. The molecule has 140 valence electrons. The average Bonchev–Trinajstić information content (AvgIpc) is 2.62. The van der Waals surface area contributed by atoms with Crippen LogP contribution < -0.4 is 15.9 Å². The monoisotopic (exact) mass is 374 g/mol. The molecule has 0 N–H and O–H groups in total. The number of hydrogen-bond acceptors (Lipinski definition) is 0. The van der Waals surface area contributed by atoms with Crippen LogP contribution in [0.2, 0.25) is 0 Å². The van der Waals surface area contributed by atoms with Crippen molar-refractivity contribution in [3.05, 3.63) is 90.0 Å². The SMILES string of the molecule is CC(C)(C)c1cccc(P(c2ccccc2)c2ccccc2)c1C(C)(C)C. The highest BCUT2D eigenvalue weighted by molar-refractivity contribution is 7.79. The van der Waals surface area contributed by atoms with Gasteiger partial charge in [0.05, 0.1) is 0 Å². The second kappa shape index (κ2) is 7.61. The molecule has 27 heavy (non-hydrogen) atoms.